The molecule has 0 aliphatic carbocycles. The lowest BCUT2D eigenvalue weighted by Gasteiger charge is -2.36. The molecule has 8 nitrogen and oxygen atoms in total. The van der Waals surface area contributed by atoms with Crippen molar-refractivity contribution in [3.8, 4) is 23.0 Å². The van der Waals surface area contributed by atoms with E-state index in [4.69, 9.17) is 23.7 Å². The van der Waals surface area contributed by atoms with Crippen molar-refractivity contribution in [1.29, 1.82) is 0 Å². The minimum Gasteiger partial charge on any atom is -0.496 e. The number of anilines is 1. The second-order valence-corrected chi connectivity index (χ2v) is 10.4. The number of hydrogen-bond acceptors (Lipinski definition) is 8. The molecule has 40 heavy (non-hydrogen) atoms. The Hall–Kier alpha value is -3.30. The van der Waals surface area contributed by atoms with Crippen LogP contribution in [-0.4, -0.2) is 70.9 Å². The third-order valence-electron chi connectivity index (χ3n) is 7.60. The monoisotopic (exact) mass is 548 g/mol. The first kappa shape index (κ1) is 28.2. The topological polar surface area (TPSA) is 81.7 Å². The number of ether oxygens (including phenoxy) is 5. The van der Waals surface area contributed by atoms with Crippen LogP contribution in [0.2, 0.25) is 0 Å². The molecule has 2 aliphatic rings. The fraction of sp³-hybridized carbons (Fsp3) is 0.438. The van der Waals surface area contributed by atoms with E-state index in [0.717, 1.165) is 71.5 Å². The van der Waals surface area contributed by atoms with E-state index in [-0.39, 0.29) is 12.0 Å². The lowest BCUT2D eigenvalue weighted by Crippen LogP contribution is -2.49. The maximum atomic E-state index is 11.0. The van der Waals surface area contributed by atoms with Gasteiger partial charge in [0.1, 0.15) is 29.6 Å². The predicted octanol–water partition coefficient (Wildman–Crippen LogP) is 4.66. The van der Waals surface area contributed by atoms with Crippen LogP contribution in [0.4, 0.5) is 5.69 Å². The van der Waals surface area contributed by atoms with Crippen LogP contribution >= 0.6 is 0 Å². The summed E-state index contributed by atoms with van der Waals surface area (Å²) in [6.45, 7) is 6.85. The highest BCUT2D eigenvalue weighted by molar-refractivity contribution is 5.61. The van der Waals surface area contributed by atoms with E-state index in [9.17, 15) is 5.11 Å². The minimum atomic E-state index is -0.553. The minimum absolute atomic E-state index is 0.148. The summed E-state index contributed by atoms with van der Waals surface area (Å²) in [6, 6.07) is 20.0. The Bertz CT molecular complexity index is 1250. The van der Waals surface area contributed by atoms with Gasteiger partial charge in [0, 0.05) is 39.3 Å². The molecule has 2 aliphatic heterocycles. The maximum absolute atomic E-state index is 11.0. The molecule has 5 rings (SSSR count). The lowest BCUT2D eigenvalue weighted by molar-refractivity contribution is -0.0328. The van der Waals surface area contributed by atoms with Crippen LogP contribution in [-0.2, 0) is 16.1 Å². The summed E-state index contributed by atoms with van der Waals surface area (Å²) in [5, 5.41) is 14.3. The van der Waals surface area contributed by atoms with E-state index < -0.39 is 6.10 Å². The van der Waals surface area contributed by atoms with Gasteiger partial charge in [-0.1, -0.05) is 18.2 Å². The summed E-state index contributed by atoms with van der Waals surface area (Å²) in [4.78, 5) is 2.35. The first-order valence-electron chi connectivity index (χ1n) is 14.0. The summed E-state index contributed by atoms with van der Waals surface area (Å²) >= 11 is 0. The van der Waals surface area contributed by atoms with Crippen molar-refractivity contribution in [2.24, 2.45) is 0 Å². The summed E-state index contributed by atoms with van der Waals surface area (Å²) in [5.74, 6) is 3.08. The normalized spacial score (nSPS) is 20.5. The van der Waals surface area contributed by atoms with Crippen LogP contribution < -0.4 is 24.4 Å². The molecule has 0 spiro atoms. The van der Waals surface area contributed by atoms with Gasteiger partial charge in [-0.15, -0.1) is 0 Å². The summed E-state index contributed by atoms with van der Waals surface area (Å²) < 4.78 is 29.0. The van der Waals surface area contributed by atoms with Crippen LogP contribution in [0.5, 0.6) is 23.0 Å². The van der Waals surface area contributed by atoms with Gasteiger partial charge in [0.25, 0.3) is 0 Å². The van der Waals surface area contributed by atoms with Crippen molar-refractivity contribution in [1.82, 2.24) is 5.32 Å². The molecule has 0 amide bonds. The first-order valence-corrected chi connectivity index (χ1v) is 14.0. The predicted molar refractivity (Wildman–Crippen MR) is 155 cm³/mol. The molecule has 3 aromatic carbocycles. The maximum Gasteiger partial charge on any atom is 0.142 e. The number of β-amino-alcohol motifs (C(OH)–C–C–N with tert-alkyl or cyclic N) is 1. The van der Waals surface area contributed by atoms with Gasteiger partial charge in [-0.3, -0.25) is 0 Å². The van der Waals surface area contributed by atoms with Gasteiger partial charge < -0.3 is 39.0 Å². The van der Waals surface area contributed by atoms with Crippen LogP contribution in [0.1, 0.15) is 29.0 Å². The highest BCUT2D eigenvalue weighted by Crippen LogP contribution is 2.35. The van der Waals surface area contributed by atoms with Crippen LogP contribution in [0.25, 0.3) is 0 Å². The standard InChI is InChI=1S/C32H40N2O6/c1-22-17-26(10-12-29(22)37-3)40-25-8-6-24(7-9-25)32-28(35)19-33-20-31(32)39-21-23-5-11-30-27(18-23)34(14-16-38-30)13-4-15-36-2/h5-12,17-18,28,31-33,35H,4,13-16,19-21H2,1-3H3. The molecule has 2 heterocycles. The zero-order valence-electron chi connectivity index (χ0n) is 23.6. The fourth-order valence-corrected chi connectivity index (χ4v) is 5.53. The molecule has 3 unspecified atom stereocenters. The summed E-state index contributed by atoms with van der Waals surface area (Å²) in [5.41, 5.74) is 4.22. The Labute approximate surface area is 236 Å². The number of nitrogens with zero attached hydrogens (tertiary/aromatic N) is 1. The number of aliphatic hydroxyl groups excluding tert-OH is 1. The number of benzene rings is 3. The van der Waals surface area contributed by atoms with Gasteiger partial charge in [0.2, 0.25) is 0 Å². The van der Waals surface area contributed by atoms with Gasteiger partial charge in [-0.05, 0) is 72.5 Å². The Morgan fingerprint density at radius 2 is 1.82 bits per heavy atom. The first-order chi connectivity index (χ1) is 19.6. The molecule has 214 valence electrons. The average molecular weight is 549 g/mol. The summed E-state index contributed by atoms with van der Waals surface area (Å²) in [6.07, 6.45) is 0.237. The molecule has 1 fully saturated rings. The largest absolute Gasteiger partial charge is 0.496 e. The second kappa shape index (κ2) is 13.4. The van der Waals surface area contributed by atoms with Crippen molar-refractivity contribution in [3.63, 3.8) is 0 Å². The van der Waals surface area contributed by atoms with Gasteiger partial charge >= 0.3 is 0 Å². The number of aryl methyl sites for hydroxylation is 1. The molecular formula is C32H40N2O6. The number of aliphatic hydroxyl groups is 1. The van der Waals surface area contributed by atoms with E-state index in [1.807, 2.05) is 55.5 Å². The van der Waals surface area contributed by atoms with Crippen molar-refractivity contribution in [3.05, 3.63) is 77.4 Å². The number of nitrogens with one attached hydrogen (secondary N) is 1. The molecular weight excluding hydrogens is 508 g/mol. The van der Waals surface area contributed by atoms with E-state index in [2.05, 4.69) is 22.3 Å². The van der Waals surface area contributed by atoms with Crippen molar-refractivity contribution >= 4 is 5.69 Å². The average Bonchev–Trinajstić information content (AvgIpc) is 2.97. The molecule has 0 saturated carbocycles. The number of hydrogen-bond donors (Lipinski definition) is 2. The lowest BCUT2D eigenvalue weighted by atomic mass is 9.85. The van der Waals surface area contributed by atoms with Crippen molar-refractivity contribution in [2.45, 2.75) is 38.1 Å². The van der Waals surface area contributed by atoms with E-state index in [1.165, 1.54) is 0 Å². The number of piperidine rings is 1. The molecule has 0 radical (unpaired) electrons. The van der Waals surface area contributed by atoms with E-state index in [1.54, 1.807) is 14.2 Å². The molecule has 8 heteroatoms. The SMILES string of the molecule is COCCCN1CCOc2ccc(COC3CNCC(O)C3c3ccc(Oc4ccc(OC)c(C)c4)cc3)cc21. The molecule has 0 bridgehead atoms. The molecule has 3 aromatic rings. The third-order valence-corrected chi connectivity index (χ3v) is 7.60. The zero-order chi connectivity index (χ0) is 27.9. The van der Waals surface area contributed by atoms with Crippen LogP contribution in [0.3, 0.4) is 0 Å². The van der Waals surface area contributed by atoms with E-state index in [0.29, 0.717) is 26.3 Å². The highest BCUT2D eigenvalue weighted by atomic mass is 16.5. The van der Waals surface area contributed by atoms with Crippen molar-refractivity contribution < 1.29 is 28.8 Å². The van der Waals surface area contributed by atoms with Gasteiger partial charge in [0.15, 0.2) is 0 Å². The van der Waals surface area contributed by atoms with Crippen LogP contribution in [0.15, 0.2) is 60.7 Å². The third kappa shape index (κ3) is 6.70. The second-order valence-electron chi connectivity index (χ2n) is 10.4. The van der Waals surface area contributed by atoms with E-state index >= 15 is 0 Å². The molecule has 2 N–H and O–H groups in total. The van der Waals surface area contributed by atoms with Crippen molar-refractivity contribution in [2.75, 3.05) is 58.5 Å². The number of methoxy groups -OCH3 is 2. The number of rotatable bonds is 11. The highest BCUT2D eigenvalue weighted by Gasteiger charge is 2.34. The number of fused-ring (bicyclic) bond motifs is 1. The Balaban J connectivity index is 1.25. The molecule has 3 atom stereocenters. The molecule has 0 aromatic heterocycles. The quantitative estimate of drug-likeness (QED) is 0.335. The smallest absolute Gasteiger partial charge is 0.142 e. The summed E-state index contributed by atoms with van der Waals surface area (Å²) in [7, 11) is 3.40. The van der Waals surface area contributed by atoms with Gasteiger partial charge in [-0.2, -0.15) is 0 Å². The van der Waals surface area contributed by atoms with Crippen LogP contribution in [0, 0.1) is 6.92 Å². The van der Waals surface area contributed by atoms with Gasteiger partial charge in [0.05, 0.1) is 38.2 Å². The molecule has 1 saturated heterocycles. The fourth-order valence-electron chi connectivity index (χ4n) is 5.53. The van der Waals surface area contributed by atoms with Gasteiger partial charge in [-0.25, -0.2) is 0 Å². The zero-order valence-corrected chi connectivity index (χ0v) is 23.6. The Kier molecular flexibility index (Phi) is 9.44. The Morgan fingerprint density at radius 3 is 2.60 bits per heavy atom. The Morgan fingerprint density at radius 1 is 1.00 bits per heavy atom.